The molecular formula is C11H20N2O4S2. The molecule has 2 amide bonds. The lowest BCUT2D eigenvalue weighted by Crippen LogP contribution is -2.55. The summed E-state index contributed by atoms with van der Waals surface area (Å²) in [7, 11) is -3.24. The molecule has 8 heteroatoms. The van der Waals surface area contributed by atoms with E-state index in [1.165, 1.54) is 4.90 Å². The van der Waals surface area contributed by atoms with Crippen molar-refractivity contribution in [1.82, 2.24) is 10.2 Å². The van der Waals surface area contributed by atoms with Gasteiger partial charge in [0.05, 0.1) is 12.6 Å². The SMILES string of the molecule is CCS(=O)(=O)C1CSCCN1C(=O)NC1CCOC1. The van der Waals surface area contributed by atoms with E-state index in [1.807, 2.05) is 0 Å². The van der Waals surface area contributed by atoms with Crippen molar-refractivity contribution in [2.75, 3.05) is 37.0 Å². The summed E-state index contributed by atoms with van der Waals surface area (Å²) >= 11 is 1.58. The van der Waals surface area contributed by atoms with Crippen LogP contribution in [0, 0.1) is 0 Å². The van der Waals surface area contributed by atoms with Crippen LogP contribution in [0.15, 0.2) is 0 Å². The Kier molecular flexibility index (Phi) is 4.97. The predicted octanol–water partition coefficient (Wildman–Crippen LogP) is 0.294. The molecule has 0 bridgehead atoms. The van der Waals surface area contributed by atoms with Gasteiger partial charge in [-0.25, -0.2) is 13.2 Å². The maximum atomic E-state index is 12.2. The Morgan fingerprint density at radius 3 is 2.95 bits per heavy atom. The number of nitrogens with zero attached hydrogens (tertiary/aromatic N) is 1. The summed E-state index contributed by atoms with van der Waals surface area (Å²) in [5.41, 5.74) is 0. The second kappa shape index (κ2) is 6.32. The lowest BCUT2D eigenvalue weighted by atomic mass is 10.3. The highest BCUT2D eigenvalue weighted by Crippen LogP contribution is 2.21. The fourth-order valence-electron chi connectivity index (χ4n) is 2.21. The number of hydrogen-bond acceptors (Lipinski definition) is 5. The summed E-state index contributed by atoms with van der Waals surface area (Å²) in [6.07, 6.45) is 0.791. The van der Waals surface area contributed by atoms with Crippen molar-refractivity contribution in [3.8, 4) is 0 Å². The second-order valence-corrected chi connectivity index (χ2v) is 8.28. The van der Waals surface area contributed by atoms with Crippen LogP contribution in [0.5, 0.6) is 0 Å². The molecule has 0 saturated carbocycles. The van der Waals surface area contributed by atoms with Crippen LogP contribution in [0.25, 0.3) is 0 Å². The number of carbonyl (C=O) groups excluding carboxylic acids is 1. The van der Waals surface area contributed by atoms with E-state index in [4.69, 9.17) is 4.74 Å². The Balaban J connectivity index is 2.04. The van der Waals surface area contributed by atoms with E-state index in [2.05, 4.69) is 5.32 Å². The first-order valence-electron chi connectivity index (χ1n) is 6.49. The maximum Gasteiger partial charge on any atom is 0.318 e. The van der Waals surface area contributed by atoms with Gasteiger partial charge in [-0.2, -0.15) is 11.8 Å². The van der Waals surface area contributed by atoms with Crippen molar-refractivity contribution in [2.45, 2.75) is 24.8 Å². The number of amides is 2. The van der Waals surface area contributed by atoms with Gasteiger partial charge < -0.3 is 15.0 Å². The molecule has 2 atom stereocenters. The smallest absolute Gasteiger partial charge is 0.318 e. The second-order valence-electron chi connectivity index (χ2n) is 4.68. The van der Waals surface area contributed by atoms with E-state index >= 15 is 0 Å². The Bertz CT molecular complexity index is 420. The van der Waals surface area contributed by atoms with Gasteiger partial charge in [-0.15, -0.1) is 0 Å². The lowest BCUT2D eigenvalue weighted by molar-refractivity contribution is 0.177. The standard InChI is InChI=1S/C11H20N2O4S2/c1-2-19(15,16)10-8-18-6-4-13(10)11(14)12-9-3-5-17-7-9/h9-10H,2-8H2,1H3,(H,12,14). The van der Waals surface area contributed by atoms with Crippen LogP contribution in [0.4, 0.5) is 4.79 Å². The van der Waals surface area contributed by atoms with E-state index < -0.39 is 15.2 Å². The molecule has 6 nitrogen and oxygen atoms in total. The summed E-state index contributed by atoms with van der Waals surface area (Å²) in [5.74, 6) is 1.31. The Morgan fingerprint density at radius 2 is 2.32 bits per heavy atom. The molecule has 0 spiro atoms. The topological polar surface area (TPSA) is 75.7 Å². The number of thioether (sulfide) groups is 1. The van der Waals surface area contributed by atoms with Crippen LogP contribution in [0.1, 0.15) is 13.3 Å². The third kappa shape index (κ3) is 3.55. The predicted molar refractivity (Wildman–Crippen MR) is 75.0 cm³/mol. The molecule has 2 aliphatic rings. The maximum absolute atomic E-state index is 12.2. The van der Waals surface area contributed by atoms with Crippen molar-refractivity contribution < 1.29 is 17.9 Å². The fraction of sp³-hybridized carbons (Fsp3) is 0.909. The molecule has 2 rings (SSSR count). The molecule has 0 aromatic carbocycles. The molecule has 0 radical (unpaired) electrons. The van der Waals surface area contributed by atoms with Crippen molar-refractivity contribution in [1.29, 1.82) is 0 Å². The number of urea groups is 1. The molecular weight excluding hydrogens is 288 g/mol. The van der Waals surface area contributed by atoms with Gasteiger partial charge in [-0.05, 0) is 6.42 Å². The van der Waals surface area contributed by atoms with Gasteiger partial charge >= 0.3 is 6.03 Å². The molecule has 2 fully saturated rings. The van der Waals surface area contributed by atoms with E-state index in [0.29, 0.717) is 25.5 Å². The molecule has 0 aromatic rings. The molecule has 1 N–H and O–H groups in total. The Labute approximate surface area is 118 Å². The van der Waals surface area contributed by atoms with Crippen LogP contribution in [0.2, 0.25) is 0 Å². The van der Waals surface area contributed by atoms with Crippen LogP contribution < -0.4 is 5.32 Å². The van der Waals surface area contributed by atoms with Crippen LogP contribution in [-0.4, -0.2) is 67.8 Å². The monoisotopic (exact) mass is 308 g/mol. The van der Waals surface area contributed by atoms with Crippen molar-refractivity contribution in [3.05, 3.63) is 0 Å². The minimum Gasteiger partial charge on any atom is -0.379 e. The zero-order valence-electron chi connectivity index (χ0n) is 11.0. The molecule has 19 heavy (non-hydrogen) atoms. The van der Waals surface area contributed by atoms with E-state index in [-0.39, 0.29) is 17.8 Å². The summed E-state index contributed by atoms with van der Waals surface area (Å²) < 4.78 is 29.3. The van der Waals surface area contributed by atoms with Crippen LogP contribution in [-0.2, 0) is 14.6 Å². The quantitative estimate of drug-likeness (QED) is 0.811. The highest BCUT2D eigenvalue weighted by molar-refractivity contribution is 8.01. The first kappa shape index (κ1) is 14.9. The van der Waals surface area contributed by atoms with E-state index in [0.717, 1.165) is 12.2 Å². The summed E-state index contributed by atoms with van der Waals surface area (Å²) in [6, 6.07) is -0.273. The minimum absolute atomic E-state index is 0.00654. The van der Waals surface area contributed by atoms with E-state index in [9.17, 15) is 13.2 Å². The molecule has 110 valence electrons. The number of ether oxygens (including phenoxy) is 1. The average molecular weight is 308 g/mol. The molecule has 0 aromatic heterocycles. The van der Waals surface area contributed by atoms with Gasteiger partial charge in [-0.1, -0.05) is 6.92 Å². The Hall–Kier alpha value is -0.470. The Morgan fingerprint density at radius 1 is 1.53 bits per heavy atom. The first-order chi connectivity index (χ1) is 9.04. The molecule has 2 unspecified atom stereocenters. The van der Waals surface area contributed by atoms with Crippen LogP contribution >= 0.6 is 11.8 Å². The van der Waals surface area contributed by atoms with Crippen molar-refractivity contribution >= 4 is 27.6 Å². The van der Waals surface area contributed by atoms with Gasteiger partial charge in [0.25, 0.3) is 0 Å². The van der Waals surface area contributed by atoms with Gasteiger partial charge in [-0.3, -0.25) is 0 Å². The largest absolute Gasteiger partial charge is 0.379 e. The highest BCUT2D eigenvalue weighted by Gasteiger charge is 2.36. The zero-order chi connectivity index (χ0) is 13.9. The number of carbonyl (C=O) groups is 1. The fourth-order valence-corrected chi connectivity index (χ4v) is 5.17. The molecule has 2 saturated heterocycles. The summed E-state index contributed by atoms with van der Waals surface area (Å²) in [6.45, 7) is 3.26. The lowest BCUT2D eigenvalue weighted by Gasteiger charge is -2.35. The third-order valence-corrected chi connectivity index (χ3v) is 6.71. The van der Waals surface area contributed by atoms with Gasteiger partial charge in [0, 0.05) is 30.4 Å². The summed E-state index contributed by atoms with van der Waals surface area (Å²) in [5, 5.41) is 2.17. The molecule has 2 aliphatic heterocycles. The number of nitrogens with one attached hydrogen (secondary N) is 1. The van der Waals surface area contributed by atoms with Gasteiger partial charge in [0.2, 0.25) is 0 Å². The summed E-state index contributed by atoms with van der Waals surface area (Å²) in [4.78, 5) is 13.7. The first-order valence-corrected chi connectivity index (χ1v) is 9.36. The zero-order valence-corrected chi connectivity index (χ0v) is 12.6. The molecule has 0 aliphatic carbocycles. The number of rotatable bonds is 3. The van der Waals surface area contributed by atoms with Crippen molar-refractivity contribution in [2.24, 2.45) is 0 Å². The highest BCUT2D eigenvalue weighted by atomic mass is 32.2. The van der Waals surface area contributed by atoms with E-state index in [1.54, 1.807) is 18.7 Å². The molecule has 2 heterocycles. The normalized spacial score (nSPS) is 28.4. The third-order valence-electron chi connectivity index (χ3n) is 3.42. The van der Waals surface area contributed by atoms with Gasteiger partial charge in [0.15, 0.2) is 9.84 Å². The van der Waals surface area contributed by atoms with Crippen molar-refractivity contribution in [3.63, 3.8) is 0 Å². The number of sulfone groups is 1. The van der Waals surface area contributed by atoms with Gasteiger partial charge in [0.1, 0.15) is 5.37 Å². The number of hydrogen-bond donors (Lipinski definition) is 1. The average Bonchev–Trinajstić information content (AvgIpc) is 2.91. The van der Waals surface area contributed by atoms with Crippen LogP contribution in [0.3, 0.4) is 0 Å². The minimum atomic E-state index is -3.24.